The van der Waals surface area contributed by atoms with Crippen molar-refractivity contribution in [2.24, 2.45) is 0 Å². The van der Waals surface area contributed by atoms with Crippen molar-refractivity contribution < 1.29 is 22.8 Å². The van der Waals surface area contributed by atoms with E-state index in [9.17, 15) is 22.8 Å². The fourth-order valence-corrected chi connectivity index (χ4v) is 4.26. The number of nitrogens with one attached hydrogen (secondary N) is 1. The highest BCUT2D eigenvalue weighted by Gasteiger charge is 2.40. The van der Waals surface area contributed by atoms with E-state index in [4.69, 9.17) is 11.6 Å². The van der Waals surface area contributed by atoms with E-state index in [1.807, 2.05) is 0 Å². The first-order valence-corrected chi connectivity index (χ1v) is 11.0. The number of imide groups is 1. The lowest BCUT2D eigenvalue weighted by Gasteiger charge is -2.33. The van der Waals surface area contributed by atoms with E-state index < -0.39 is 28.0 Å². The Balaban J connectivity index is 1.58. The van der Waals surface area contributed by atoms with Crippen molar-refractivity contribution >= 4 is 39.5 Å². The molecule has 0 unspecified atom stereocenters. The molecule has 3 rings (SSSR count). The van der Waals surface area contributed by atoms with Crippen molar-refractivity contribution in [2.75, 3.05) is 32.4 Å². The molecule has 152 valence electrons. The molecule has 1 atom stereocenters. The van der Waals surface area contributed by atoms with Crippen LogP contribution in [-0.4, -0.2) is 78.8 Å². The summed E-state index contributed by atoms with van der Waals surface area (Å²) in [5.41, 5.74) is 0.636. The quantitative estimate of drug-likeness (QED) is 0.677. The van der Waals surface area contributed by atoms with Gasteiger partial charge in [0.2, 0.25) is 15.9 Å². The van der Waals surface area contributed by atoms with E-state index in [0.29, 0.717) is 10.6 Å². The number of carbonyl (C=O) groups excluding carboxylic acids is 3. The minimum Gasteiger partial charge on any atom is -0.340 e. The number of benzene rings is 1. The number of piperazine rings is 1. The van der Waals surface area contributed by atoms with Gasteiger partial charge in [0.15, 0.2) is 0 Å². The average molecular weight is 429 g/mol. The lowest BCUT2D eigenvalue weighted by atomic mass is 10.1. The number of carbonyl (C=O) groups is 3. The summed E-state index contributed by atoms with van der Waals surface area (Å²) in [4.78, 5) is 39.8. The van der Waals surface area contributed by atoms with E-state index in [0.717, 1.165) is 11.2 Å². The van der Waals surface area contributed by atoms with E-state index in [-0.39, 0.29) is 45.1 Å². The number of hydrogen-bond donors (Lipinski definition) is 1. The molecule has 2 saturated heterocycles. The number of amides is 4. The summed E-state index contributed by atoms with van der Waals surface area (Å²) in [6.45, 7) is 0.971. The Morgan fingerprint density at radius 1 is 1.18 bits per heavy atom. The molecule has 11 heteroatoms. The second kappa shape index (κ2) is 8.06. The molecule has 1 aromatic rings. The number of hydrogen-bond acceptors (Lipinski definition) is 5. The second-order valence-corrected chi connectivity index (χ2v) is 9.15. The Morgan fingerprint density at radius 3 is 2.43 bits per heavy atom. The maximum Gasteiger partial charge on any atom is 0.325 e. The molecule has 1 N–H and O–H groups in total. The summed E-state index contributed by atoms with van der Waals surface area (Å²) in [6.07, 6.45) is 0.966. The van der Waals surface area contributed by atoms with E-state index in [1.54, 1.807) is 24.3 Å². The molecule has 2 aliphatic rings. The number of sulfonamides is 1. The van der Waals surface area contributed by atoms with Crippen LogP contribution in [0.2, 0.25) is 5.02 Å². The molecular formula is C17H21ClN4O5S. The highest BCUT2D eigenvalue weighted by molar-refractivity contribution is 7.88. The first-order valence-electron chi connectivity index (χ1n) is 8.75. The molecular weight excluding hydrogens is 408 g/mol. The van der Waals surface area contributed by atoms with Gasteiger partial charge in [-0.2, -0.15) is 4.31 Å². The van der Waals surface area contributed by atoms with Crippen LogP contribution in [0.4, 0.5) is 4.79 Å². The second-order valence-electron chi connectivity index (χ2n) is 6.76. The van der Waals surface area contributed by atoms with Crippen LogP contribution in [0.5, 0.6) is 0 Å². The molecule has 4 amide bonds. The SMILES string of the molecule is CS(=O)(=O)N1CCN(C(=O)C[C@H]2NC(=O)N(Cc3ccccc3Cl)C2=O)CC1. The van der Waals surface area contributed by atoms with Gasteiger partial charge in [-0.3, -0.25) is 14.5 Å². The van der Waals surface area contributed by atoms with Crippen LogP contribution in [0, 0.1) is 0 Å². The van der Waals surface area contributed by atoms with Gasteiger partial charge in [0.05, 0.1) is 19.2 Å². The normalized spacial score (nSPS) is 21.1. The fourth-order valence-electron chi connectivity index (χ4n) is 3.23. The van der Waals surface area contributed by atoms with Crippen LogP contribution >= 0.6 is 11.6 Å². The van der Waals surface area contributed by atoms with Crippen LogP contribution < -0.4 is 5.32 Å². The fraction of sp³-hybridized carbons (Fsp3) is 0.471. The Bertz CT molecular complexity index is 899. The zero-order valence-electron chi connectivity index (χ0n) is 15.3. The zero-order valence-corrected chi connectivity index (χ0v) is 16.9. The molecule has 2 aliphatic heterocycles. The van der Waals surface area contributed by atoms with Crippen molar-refractivity contribution in [3.63, 3.8) is 0 Å². The Kier molecular flexibility index (Phi) is 5.92. The van der Waals surface area contributed by atoms with Crippen molar-refractivity contribution in [1.82, 2.24) is 19.4 Å². The standard InChI is InChI=1S/C17H21ClN4O5S/c1-28(26,27)21-8-6-20(7-9-21)15(23)10-14-16(24)22(17(25)19-14)11-12-4-2-3-5-13(12)18/h2-5,14H,6-11H2,1H3,(H,19,25)/t14-/m1/s1. The van der Waals surface area contributed by atoms with Gasteiger partial charge in [-0.15, -0.1) is 0 Å². The lowest BCUT2D eigenvalue weighted by Crippen LogP contribution is -2.51. The molecule has 0 saturated carbocycles. The summed E-state index contributed by atoms with van der Waals surface area (Å²) in [5, 5.41) is 2.99. The summed E-state index contributed by atoms with van der Waals surface area (Å²) in [7, 11) is -3.29. The summed E-state index contributed by atoms with van der Waals surface area (Å²) in [6, 6.07) is 5.41. The van der Waals surface area contributed by atoms with Crippen LogP contribution in [0.1, 0.15) is 12.0 Å². The van der Waals surface area contributed by atoms with Gasteiger partial charge in [0.25, 0.3) is 5.91 Å². The van der Waals surface area contributed by atoms with E-state index in [1.165, 1.54) is 9.21 Å². The number of nitrogens with zero attached hydrogens (tertiary/aromatic N) is 3. The molecule has 0 aliphatic carbocycles. The van der Waals surface area contributed by atoms with Crippen molar-refractivity contribution in [2.45, 2.75) is 19.0 Å². The molecule has 0 radical (unpaired) electrons. The van der Waals surface area contributed by atoms with Crippen molar-refractivity contribution in [3.8, 4) is 0 Å². The molecule has 0 bridgehead atoms. The number of rotatable bonds is 5. The minimum atomic E-state index is -3.29. The van der Waals surface area contributed by atoms with Crippen molar-refractivity contribution in [1.29, 1.82) is 0 Å². The molecule has 1 aromatic carbocycles. The van der Waals surface area contributed by atoms with Gasteiger partial charge in [-0.1, -0.05) is 29.8 Å². The molecule has 9 nitrogen and oxygen atoms in total. The van der Waals surface area contributed by atoms with E-state index >= 15 is 0 Å². The first kappa shape index (κ1) is 20.6. The zero-order chi connectivity index (χ0) is 20.5. The Morgan fingerprint density at radius 2 is 1.82 bits per heavy atom. The predicted molar refractivity (Wildman–Crippen MR) is 102 cm³/mol. The van der Waals surface area contributed by atoms with Crippen LogP contribution in [0.3, 0.4) is 0 Å². The maximum atomic E-state index is 12.6. The third kappa shape index (κ3) is 4.45. The highest BCUT2D eigenvalue weighted by atomic mass is 35.5. The lowest BCUT2D eigenvalue weighted by molar-refractivity contribution is -0.136. The number of halogens is 1. The molecule has 2 fully saturated rings. The first-order chi connectivity index (χ1) is 13.2. The smallest absolute Gasteiger partial charge is 0.325 e. The molecule has 0 aromatic heterocycles. The van der Waals surface area contributed by atoms with Gasteiger partial charge in [0, 0.05) is 31.2 Å². The van der Waals surface area contributed by atoms with Gasteiger partial charge < -0.3 is 10.2 Å². The monoisotopic (exact) mass is 428 g/mol. The van der Waals surface area contributed by atoms with Gasteiger partial charge in [0.1, 0.15) is 6.04 Å². The summed E-state index contributed by atoms with van der Waals surface area (Å²) < 4.78 is 24.4. The summed E-state index contributed by atoms with van der Waals surface area (Å²) in [5.74, 6) is -0.778. The third-order valence-corrected chi connectivity index (χ3v) is 6.50. The van der Waals surface area contributed by atoms with Crippen LogP contribution in [-0.2, 0) is 26.2 Å². The van der Waals surface area contributed by atoms with Crippen molar-refractivity contribution in [3.05, 3.63) is 34.9 Å². The third-order valence-electron chi connectivity index (χ3n) is 4.83. The maximum absolute atomic E-state index is 12.6. The highest BCUT2D eigenvalue weighted by Crippen LogP contribution is 2.20. The topological polar surface area (TPSA) is 107 Å². The minimum absolute atomic E-state index is 0.0298. The van der Waals surface area contributed by atoms with Crippen LogP contribution in [0.25, 0.3) is 0 Å². The summed E-state index contributed by atoms with van der Waals surface area (Å²) >= 11 is 6.09. The predicted octanol–water partition coefficient (Wildman–Crippen LogP) is 0.254. The van der Waals surface area contributed by atoms with Gasteiger partial charge in [-0.05, 0) is 11.6 Å². The largest absolute Gasteiger partial charge is 0.340 e. The van der Waals surface area contributed by atoms with E-state index in [2.05, 4.69) is 5.32 Å². The average Bonchev–Trinajstić information content (AvgIpc) is 2.90. The number of urea groups is 1. The molecule has 2 heterocycles. The Hall–Kier alpha value is -2.17. The molecule has 28 heavy (non-hydrogen) atoms. The van der Waals surface area contributed by atoms with Crippen LogP contribution in [0.15, 0.2) is 24.3 Å². The molecule has 0 spiro atoms. The Labute approximate surface area is 168 Å². The van der Waals surface area contributed by atoms with Gasteiger partial charge in [-0.25, -0.2) is 13.2 Å². The van der Waals surface area contributed by atoms with Gasteiger partial charge >= 0.3 is 6.03 Å².